The number of hydrogen-bond donors (Lipinski definition) is 3. The van der Waals surface area contributed by atoms with Gasteiger partial charge in [-0.15, -0.1) is 0 Å². The first-order valence-corrected chi connectivity index (χ1v) is 12.4. The Bertz CT molecular complexity index is 1260. The predicted molar refractivity (Wildman–Crippen MR) is 142 cm³/mol. The van der Waals surface area contributed by atoms with Crippen LogP contribution in [0.4, 0.5) is 0 Å². The van der Waals surface area contributed by atoms with E-state index < -0.39 is 11.9 Å². The van der Waals surface area contributed by atoms with E-state index in [4.69, 9.17) is 14.9 Å². The fourth-order valence-corrected chi connectivity index (χ4v) is 4.87. The number of rotatable bonds is 9. The van der Waals surface area contributed by atoms with E-state index in [2.05, 4.69) is 31.9 Å². The smallest absolute Gasteiger partial charge is 0.335 e. The van der Waals surface area contributed by atoms with Crippen LogP contribution in [0, 0.1) is 0 Å². The second-order valence-electron chi connectivity index (χ2n) is 8.25. The van der Waals surface area contributed by atoms with Crippen LogP contribution in [0.3, 0.4) is 0 Å². The molecule has 0 atom stereocenters. The van der Waals surface area contributed by atoms with Crippen LogP contribution < -0.4 is 4.74 Å². The lowest BCUT2D eigenvalue weighted by Gasteiger charge is -2.16. The Morgan fingerprint density at radius 3 is 2.14 bits per heavy atom. The minimum absolute atomic E-state index is 0.0313. The molecule has 0 saturated heterocycles. The molecule has 0 spiro atoms. The van der Waals surface area contributed by atoms with E-state index in [0.29, 0.717) is 38.0 Å². The highest BCUT2D eigenvalue weighted by Gasteiger charge is 2.16. The van der Waals surface area contributed by atoms with Gasteiger partial charge in [0.25, 0.3) is 0 Å². The first-order valence-electron chi connectivity index (χ1n) is 10.8. The first kappa shape index (κ1) is 26.5. The van der Waals surface area contributed by atoms with Crippen molar-refractivity contribution < 1.29 is 29.6 Å². The van der Waals surface area contributed by atoms with Crippen molar-refractivity contribution in [1.82, 2.24) is 0 Å². The Morgan fingerprint density at radius 2 is 1.60 bits per heavy atom. The number of benzene rings is 3. The number of aromatic hydroxyl groups is 1. The van der Waals surface area contributed by atoms with Crippen molar-refractivity contribution in [3.63, 3.8) is 0 Å². The molecule has 0 saturated carbocycles. The summed E-state index contributed by atoms with van der Waals surface area (Å²) in [4.78, 5) is 21.9. The van der Waals surface area contributed by atoms with Gasteiger partial charge in [0.15, 0.2) is 5.75 Å². The Morgan fingerprint density at radius 1 is 0.971 bits per heavy atom. The average Bonchev–Trinajstić information content (AvgIpc) is 2.80. The molecule has 8 heteroatoms. The van der Waals surface area contributed by atoms with Gasteiger partial charge in [-0.2, -0.15) is 0 Å². The SMILES string of the molecule is CC(C)c1cc(Oc2c(Br)cc(CCC(=O)O)cc2Br)cc(/C=C/c2ccc(C(=O)O)cc2)c1O. The molecule has 0 fully saturated rings. The number of hydrogen-bond acceptors (Lipinski definition) is 4. The predicted octanol–water partition coefficient (Wildman–Crippen LogP) is 7.72. The van der Waals surface area contributed by atoms with Gasteiger partial charge in [-0.1, -0.05) is 38.1 Å². The number of aliphatic carboxylic acids is 1. The molecule has 3 N–H and O–H groups in total. The molecule has 0 heterocycles. The maximum Gasteiger partial charge on any atom is 0.335 e. The first-order chi connectivity index (χ1) is 16.5. The third-order valence-electron chi connectivity index (χ3n) is 5.28. The lowest BCUT2D eigenvalue weighted by atomic mass is 9.98. The van der Waals surface area contributed by atoms with Gasteiger partial charge in [-0.05, 0) is 91.7 Å². The van der Waals surface area contributed by atoms with E-state index in [-0.39, 0.29) is 23.7 Å². The van der Waals surface area contributed by atoms with Crippen LogP contribution in [0.1, 0.15) is 58.8 Å². The lowest BCUT2D eigenvalue weighted by Crippen LogP contribution is -1.98. The summed E-state index contributed by atoms with van der Waals surface area (Å²) in [6.45, 7) is 3.94. The fourth-order valence-electron chi connectivity index (χ4n) is 3.42. The summed E-state index contributed by atoms with van der Waals surface area (Å²) < 4.78 is 7.52. The molecule has 182 valence electrons. The molecule has 6 nitrogen and oxygen atoms in total. The van der Waals surface area contributed by atoms with E-state index in [1.807, 2.05) is 26.0 Å². The van der Waals surface area contributed by atoms with E-state index in [0.717, 1.165) is 11.1 Å². The molecular formula is C27H24Br2O6. The van der Waals surface area contributed by atoms with Crippen molar-refractivity contribution in [3.05, 3.63) is 85.3 Å². The highest BCUT2D eigenvalue weighted by molar-refractivity contribution is 9.11. The maximum absolute atomic E-state index is 11.1. The molecule has 0 unspecified atom stereocenters. The number of carbonyl (C=O) groups is 2. The Labute approximate surface area is 220 Å². The number of aryl methyl sites for hydroxylation is 1. The van der Waals surface area contributed by atoms with Crippen LogP contribution >= 0.6 is 31.9 Å². The maximum atomic E-state index is 11.1. The number of halogens is 2. The molecule has 0 radical (unpaired) electrons. The summed E-state index contributed by atoms with van der Waals surface area (Å²) in [6, 6.07) is 13.6. The summed E-state index contributed by atoms with van der Waals surface area (Å²) in [5, 5.41) is 28.8. The topological polar surface area (TPSA) is 104 Å². The summed E-state index contributed by atoms with van der Waals surface area (Å²) in [5.41, 5.74) is 3.11. The Kier molecular flexibility index (Phi) is 8.75. The van der Waals surface area contributed by atoms with Gasteiger partial charge < -0.3 is 20.1 Å². The monoisotopic (exact) mass is 602 g/mol. The summed E-state index contributed by atoms with van der Waals surface area (Å²) in [7, 11) is 0. The highest BCUT2D eigenvalue weighted by atomic mass is 79.9. The quantitative estimate of drug-likeness (QED) is 0.216. The molecule has 0 aromatic heterocycles. The second-order valence-corrected chi connectivity index (χ2v) is 9.96. The molecule has 3 rings (SSSR count). The van der Waals surface area contributed by atoms with Gasteiger partial charge >= 0.3 is 11.9 Å². The standard InChI is InChI=1S/C27H24Br2O6/c1-15(2)21-14-20(35-26-22(28)11-17(12-23(26)29)6-10-24(30)31)13-19(25(21)32)9-5-16-3-7-18(8-4-16)27(33)34/h3-5,7-9,11-15,32H,6,10H2,1-2H3,(H,30,31)(H,33,34)/b9-5+. The minimum atomic E-state index is -0.989. The van der Waals surface area contributed by atoms with Crippen molar-refractivity contribution in [1.29, 1.82) is 0 Å². The van der Waals surface area contributed by atoms with E-state index in [9.17, 15) is 14.7 Å². The van der Waals surface area contributed by atoms with Crippen molar-refractivity contribution in [2.24, 2.45) is 0 Å². The third kappa shape index (κ3) is 6.96. The van der Waals surface area contributed by atoms with E-state index >= 15 is 0 Å². The van der Waals surface area contributed by atoms with Crippen LogP contribution in [0.2, 0.25) is 0 Å². The van der Waals surface area contributed by atoms with Crippen molar-refractivity contribution in [2.45, 2.75) is 32.6 Å². The second kappa shape index (κ2) is 11.6. The van der Waals surface area contributed by atoms with Gasteiger partial charge in [0.05, 0.1) is 14.5 Å². The van der Waals surface area contributed by atoms with Gasteiger partial charge in [0.1, 0.15) is 11.5 Å². The van der Waals surface area contributed by atoms with Gasteiger partial charge in [0, 0.05) is 17.5 Å². The van der Waals surface area contributed by atoms with Crippen LogP contribution in [-0.2, 0) is 11.2 Å². The lowest BCUT2D eigenvalue weighted by molar-refractivity contribution is -0.136. The fraction of sp³-hybridized carbons (Fsp3) is 0.185. The number of carboxylic acids is 2. The van der Waals surface area contributed by atoms with Crippen molar-refractivity contribution in [3.8, 4) is 17.2 Å². The Hall–Kier alpha value is -3.10. The van der Waals surface area contributed by atoms with Crippen LogP contribution in [0.25, 0.3) is 12.2 Å². The summed E-state index contributed by atoms with van der Waals surface area (Å²) >= 11 is 7.03. The molecular weight excluding hydrogens is 580 g/mol. The molecule has 0 aliphatic carbocycles. The molecule has 0 aliphatic heterocycles. The van der Waals surface area contributed by atoms with Gasteiger partial charge in [-0.25, -0.2) is 4.79 Å². The number of ether oxygens (including phenoxy) is 1. The van der Waals surface area contributed by atoms with Crippen LogP contribution in [0.15, 0.2) is 57.5 Å². The molecule has 3 aromatic rings. The largest absolute Gasteiger partial charge is 0.507 e. The number of phenols is 1. The molecule has 0 bridgehead atoms. The Balaban J connectivity index is 1.93. The average molecular weight is 604 g/mol. The normalized spacial score (nSPS) is 11.2. The van der Waals surface area contributed by atoms with Crippen molar-refractivity contribution in [2.75, 3.05) is 0 Å². The zero-order valence-electron chi connectivity index (χ0n) is 19.1. The summed E-state index contributed by atoms with van der Waals surface area (Å²) in [5.74, 6) is -0.618. The summed E-state index contributed by atoms with van der Waals surface area (Å²) in [6.07, 6.45) is 3.97. The third-order valence-corrected chi connectivity index (χ3v) is 6.46. The minimum Gasteiger partial charge on any atom is -0.507 e. The zero-order chi connectivity index (χ0) is 25.7. The van der Waals surface area contributed by atoms with E-state index in [1.165, 1.54) is 12.1 Å². The zero-order valence-corrected chi connectivity index (χ0v) is 22.3. The molecule has 0 aliphatic rings. The number of phenolic OH excluding ortho intramolecular Hbond substituents is 1. The molecule has 35 heavy (non-hydrogen) atoms. The highest BCUT2D eigenvalue weighted by Crippen LogP contribution is 2.41. The van der Waals surface area contributed by atoms with Crippen LogP contribution in [-0.4, -0.2) is 27.3 Å². The number of carboxylic acid groups (broad SMARTS) is 2. The number of aromatic carboxylic acids is 1. The van der Waals surface area contributed by atoms with Crippen LogP contribution in [0.5, 0.6) is 17.2 Å². The van der Waals surface area contributed by atoms with Gasteiger partial charge in [-0.3, -0.25) is 4.79 Å². The molecule has 0 amide bonds. The molecule has 3 aromatic carbocycles. The van der Waals surface area contributed by atoms with Gasteiger partial charge in [0.2, 0.25) is 0 Å². The van der Waals surface area contributed by atoms with Crippen molar-refractivity contribution >= 4 is 56.0 Å². The van der Waals surface area contributed by atoms with E-state index in [1.54, 1.807) is 36.4 Å².